The van der Waals surface area contributed by atoms with Crippen LogP contribution in [0.1, 0.15) is 11.1 Å². The van der Waals surface area contributed by atoms with Crippen molar-refractivity contribution in [3.05, 3.63) is 68.6 Å². The van der Waals surface area contributed by atoms with E-state index in [1.807, 2.05) is 48.5 Å². The summed E-state index contributed by atoms with van der Waals surface area (Å²) < 4.78 is 1.88. The zero-order valence-corrected chi connectivity index (χ0v) is 14.6. The highest BCUT2D eigenvalue weighted by atomic mass is 79.9. The molecule has 2 rings (SSSR count). The second-order valence-corrected chi connectivity index (χ2v) is 5.85. The molecule has 0 aliphatic rings. The quantitative estimate of drug-likeness (QED) is 0.449. The fraction of sp³-hybridized carbons (Fsp3) is 0. The van der Waals surface area contributed by atoms with Gasteiger partial charge in [0.25, 0.3) is 0 Å². The van der Waals surface area contributed by atoms with Gasteiger partial charge in [0, 0.05) is 20.1 Å². The Hall–Kier alpha value is -1.99. The average Bonchev–Trinajstić information content (AvgIpc) is 2.51. The molecule has 0 aliphatic carbocycles. The number of hydrogen-bond donors (Lipinski definition) is 2. The number of nitrogens with one attached hydrogen (secondary N) is 1. The molecular formula is C15H13Br2N5. The maximum atomic E-state index is 5.67. The number of nitrogens with zero attached hydrogens (tertiary/aromatic N) is 3. The predicted molar refractivity (Wildman–Crippen MR) is 98.2 cm³/mol. The summed E-state index contributed by atoms with van der Waals surface area (Å²) >= 11 is 6.85. The summed E-state index contributed by atoms with van der Waals surface area (Å²) in [6, 6.07) is 15.4. The summed E-state index contributed by atoms with van der Waals surface area (Å²) in [5, 5.41) is 11.7. The molecule has 0 amide bonds. The molecule has 0 fully saturated rings. The Bertz CT molecular complexity index is 725. The van der Waals surface area contributed by atoms with Crippen LogP contribution in [-0.2, 0) is 0 Å². The molecule has 0 atom stereocenters. The largest absolute Gasteiger partial charge is 0.367 e. The monoisotopic (exact) mass is 421 g/mol. The van der Waals surface area contributed by atoms with E-state index in [2.05, 4.69) is 52.6 Å². The zero-order valence-electron chi connectivity index (χ0n) is 11.4. The van der Waals surface area contributed by atoms with Gasteiger partial charge in [0.2, 0.25) is 5.96 Å². The number of benzene rings is 2. The smallest absolute Gasteiger partial charge is 0.234 e. The van der Waals surface area contributed by atoms with Crippen LogP contribution in [0, 0.1) is 0 Å². The van der Waals surface area contributed by atoms with Crippen LogP contribution in [0.5, 0.6) is 0 Å². The first kappa shape index (κ1) is 16.4. The summed E-state index contributed by atoms with van der Waals surface area (Å²) in [6.07, 6.45) is 3.25. The number of hydrogen-bond acceptors (Lipinski definition) is 3. The first-order chi connectivity index (χ1) is 10.7. The van der Waals surface area contributed by atoms with Crippen LogP contribution in [0.15, 0.2) is 72.8 Å². The fourth-order valence-electron chi connectivity index (χ4n) is 1.50. The van der Waals surface area contributed by atoms with E-state index >= 15 is 0 Å². The third kappa shape index (κ3) is 5.09. The van der Waals surface area contributed by atoms with Gasteiger partial charge in [-0.3, -0.25) is 0 Å². The molecular weight excluding hydrogens is 410 g/mol. The van der Waals surface area contributed by atoms with Crippen molar-refractivity contribution in [3.63, 3.8) is 0 Å². The fourth-order valence-corrected chi connectivity index (χ4v) is 2.28. The molecule has 5 nitrogen and oxygen atoms in total. The molecule has 0 aliphatic heterocycles. The standard InChI is InChI=1S/C15H13Br2N5/c16-13-7-3-1-5-11(13)9-19-21-15(18)22-20-10-12-6-2-4-8-14(12)17/h1-10H,(H3,18,21,22)/b19-9+,20-10+. The highest BCUT2D eigenvalue weighted by molar-refractivity contribution is 9.10. The number of nitrogens with two attached hydrogens (primary N) is 1. The van der Waals surface area contributed by atoms with Crippen molar-refractivity contribution in [3.8, 4) is 0 Å². The Morgan fingerprint density at radius 2 is 1.45 bits per heavy atom. The highest BCUT2D eigenvalue weighted by Crippen LogP contribution is 2.14. The highest BCUT2D eigenvalue weighted by Gasteiger charge is 1.94. The lowest BCUT2D eigenvalue weighted by Crippen LogP contribution is -2.26. The Labute approximate surface area is 145 Å². The summed E-state index contributed by atoms with van der Waals surface area (Å²) in [7, 11) is 0. The number of guanidine groups is 1. The van der Waals surface area contributed by atoms with Crippen molar-refractivity contribution in [2.45, 2.75) is 0 Å². The van der Waals surface area contributed by atoms with Crippen molar-refractivity contribution in [2.75, 3.05) is 0 Å². The van der Waals surface area contributed by atoms with Gasteiger partial charge in [-0.15, -0.1) is 5.10 Å². The molecule has 2 aromatic rings. The molecule has 0 unspecified atom stereocenters. The summed E-state index contributed by atoms with van der Waals surface area (Å²) in [5.41, 5.74) is 10.1. The van der Waals surface area contributed by atoms with Crippen molar-refractivity contribution in [2.24, 2.45) is 21.0 Å². The minimum Gasteiger partial charge on any atom is -0.367 e. The maximum absolute atomic E-state index is 5.67. The third-order valence-electron chi connectivity index (χ3n) is 2.56. The average molecular weight is 423 g/mol. The van der Waals surface area contributed by atoms with E-state index in [0.717, 1.165) is 20.1 Å². The van der Waals surface area contributed by atoms with E-state index in [1.54, 1.807) is 12.4 Å². The van der Waals surface area contributed by atoms with Crippen LogP contribution in [0.3, 0.4) is 0 Å². The van der Waals surface area contributed by atoms with Gasteiger partial charge in [-0.25, -0.2) is 5.43 Å². The molecule has 2 aromatic carbocycles. The number of rotatable bonds is 4. The molecule has 0 aromatic heterocycles. The lowest BCUT2D eigenvalue weighted by Gasteiger charge is -1.98. The van der Waals surface area contributed by atoms with Crippen molar-refractivity contribution < 1.29 is 0 Å². The lowest BCUT2D eigenvalue weighted by atomic mass is 10.2. The van der Waals surface area contributed by atoms with Crippen LogP contribution in [-0.4, -0.2) is 18.4 Å². The first-order valence-electron chi connectivity index (χ1n) is 6.31. The van der Waals surface area contributed by atoms with Crippen LogP contribution < -0.4 is 11.2 Å². The third-order valence-corrected chi connectivity index (χ3v) is 4.00. The topological polar surface area (TPSA) is 75.1 Å². The number of hydrazone groups is 1. The Balaban J connectivity index is 1.93. The normalized spacial score (nSPS) is 12.2. The van der Waals surface area contributed by atoms with Gasteiger partial charge in [-0.1, -0.05) is 68.3 Å². The molecule has 112 valence electrons. The Morgan fingerprint density at radius 3 is 2.05 bits per heavy atom. The molecule has 0 spiro atoms. The van der Waals surface area contributed by atoms with Gasteiger partial charge >= 0.3 is 0 Å². The number of halogens is 2. The zero-order chi connectivity index (χ0) is 15.8. The second-order valence-electron chi connectivity index (χ2n) is 4.14. The van der Waals surface area contributed by atoms with Crippen LogP contribution in [0.25, 0.3) is 0 Å². The predicted octanol–water partition coefficient (Wildman–Crippen LogP) is 3.48. The van der Waals surface area contributed by atoms with E-state index in [1.165, 1.54) is 0 Å². The first-order valence-corrected chi connectivity index (χ1v) is 7.90. The van der Waals surface area contributed by atoms with Gasteiger partial charge < -0.3 is 5.73 Å². The molecule has 0 saturated heterocycles. The molecule has 0 heterocycles. The van der Waals surface area contributed by atoms with Crippen LogP contribution >= 0.6 is 31.9 Å². The van der Waals surface area contributed by atoms with E-state index in [0.29, 0.717) is 0 Å². The van der Waals surface area contributed by atoms with E-state index < -0.39 is 0 Å². The molecule has 7 heteroatoms. The minimum absolute atomic E-state index is 0.103. The van der Waals surface area contributed by atoms with Gasteiger partial charge in [0.1, 0.15) is 0 Å². The summed E-state index contributed by atoms with van der Waals surface area (Å²) in [6.45, 7) is 0. The minimum atomic E-state index is 0.103. The van der Waals surface area contributed by atoms with Gasteiger partial charge in [0.05, 0.1) is 12.4 Å². The Morgan fingerprint density at radius 1 is 0.909 bits per heavy atom. The van der Waals surface area contributed by atoms with E-state index in [4.69, 9.17) is 5.73 Å². The molecule has 22 heavy (non-hydrogen) atoms. The maximum Gasteiger partial charge on any atom is 0.234 e. The van der Waals surface area contributed by atoms with Crippen molar-refractivity contribution in [1.82, 2.24) is 5.43 Å². The van der Waals surface area contributed by atoms with Crippen molar-refractivity contribution in [1.29, 1.82) is 0 Å². The SMILES string of the molecule is N/C(=N\N=C\c1ccccc1Br)N/N=C/c1ccccc1Br. The van der Waals surface area contributed by atoms with E-state index in [9.17, 15) is 0 Å². The summed E-state index contributed by atoms with van der Waals surface area (Å²) in [4.78, 5) is 0. The molecule has 0 saturated carbocycles. The van der Waals surface area contributed by atoms with Gasteiger partial charge in [-0.05, 0) is 12.1 Å². The Kier molecular flexibility index (Phi) is 6.29. The van der Waals surface area contributed by atoms with Gasteiger partial charge in [-0.2, -0.15) is 10.2 Å². The summed E-state index contributed by atoms with van der Waals surface area (Å²) in [5.74, 6) is 0.103. The molecule has 3 N–H and O–H groups in total. The molecule has 0 radical (unpaired) electrons. The lowest BCUT2D eigenvalue weighted by molar-refractivity contribution is 0.994. The van der Waals surface area contributed by atoms with Gasteiger partial charge in [0.15, 0.2) is 0 Å². The second kappa shape index (κ2) is 8.45. The molecule has 0 bridgehead atoms. The van der Waals surface area contributed by atoms with Crippen LogP contribution in [0.2, 0.25) is 0 Å². The van der Waals surface area contributed by atoms with Crippen LogP contribution in [0.4, 0.5) is 0 Å². The van der Waals surface area contributed by atoms with Crippen molar-refractivity contribution >= 4 is 50.2 Å². The van der Waals surface area contributed by atoms with E-state index in [-0.39, 0.29) is 5.96 Å².